The first kappa shape index (κ1) is 16.3. The number of nitrogens with one attached hydrogen (secondary N) is 1. The number of hydrogen-bond donors (Lipinski definition) is 1. The fourth-order valence-corrected chi connectivity index (χ4v) is 2.49. The molecule has 0 aliphatic rings. The van der Waals surface area contributed by atoms with Gasteiger partial charge in [0.1, 0.15) is 11.5 Å². The number of ether oxygens (including phenoxy) is 1. The van der Waals surface area contributed by atoms with Gasteiger partial charge in [0.25, 0.3) is 0 Å². The van der Waals surface area contributed by atoms with E-state index < -0.39 is 0 Å². The van der Waals surface area contributed by atoms with Crippen molar-refractivity contribution in [3.63, 3.8) is 0 Å². The highest BCUT2D eigenvalue weighted by molar-refractivity contribution is 9.10. The van der Waals surface area contributed by atoms with Gasteiger partial charge in [-0.2, -0.15) is 0 Å². The predicted octanol–water partition coefficient (Wildman–Crippen LogP) is 5.64. The Bertz CT molecular complexity index is 601. The van der Waals surface area contributed by atoms with Gasteiger partial charge in [0, 0.05) is 11.6 Å². The molecule has 2 nitrogen and oxygen atoms in total. The van der Waals surface area contributed by atoms with Gasteiger partial charge in [0.05, 0.1) is 4.47 Å². The average molecular weight is 369 g/mol. The number of benzene rings is 2. The van der Waals surface area contributed by atoms with Gasteiger partial charge < -0.3 is 10.1 Å². The second-order valence-electron chi connectivity index (χ2n) is 5.31. The zero-order valence-electron chi connectivity index (χ0n) is 12.2. The Balaban J connectivity index is 2.03. The highest BCUT2D eigenvalue weighted by Gasteiger charge is 2.06. The third-order valence-corrected chi connectivity index (χ3v) is 3.96. The van der Waals surface area contributed by atoms with Crippen LogP contribution in [0.1, 0.15) is 19.4 Å². The lowest BCUT2D eigenvalue weighted by Gasteiger charge is -2.11. The topological polar surface area (TPSA) is 21.3 Å². The van der Waals surface area contributed by atoms with E-state index in [0.29, 0.717) is 5.92 Å². The summed E-state index contributed by atoms with van der Waals surface area (Å²) in [6.07, 6.45) is 0. The summed E-state index contributed by atoms with van der Waals surface area (Å²) >= 11 is 9.79. The van der Waals surface area contributed by atoms with Crippen LogP contribution < -0.4 is 10.1 Å². The van der Waals surface area contributed by atoms with E-state index in [9.17, 15) is 0 Å². The largest absolute Gasteiger partial charge is 0.456 e. The van der Waals surface area contributed by atoms with Crippen LogP contribution in [0.4, 0.5) is 0 Å². The first-order valence-electron chi connectivity index (χ1n) is 6.98. The minimum atomic E-state index is 0.627. The first-order chi connectivity index (χ1) is 10.1. The zero-order valence-corrected chi connectivity index (χ0v) is 14.5. The summed E-state index contributed by atoms with van der Waals surface area (Å²) in [7, 11) is 0. The van der Waals surface area contributed by atoms with Gasteiger partial charge >= 0.3 is 0 Å². The van der Waals surface area contributed by atoms with Crippen molar-refractivity contribution in [1.29, 1.82) is 0 Å². The molecule has 4 heteroatoms. The van der Waals surface area contributed by atoms with Gasteiger partial charge in [-0.05, 0) is 58.2 Å². The molecule has 0 amide bonds. The molecular formula is C17H19BrClNO. The maximum Gasteiger partial charge on any atom is 0.141 e. The molecule has 21 heavy (non-hydrogen) atoms. The highest BCUT2D eigenvalue weighted by atomic mass is 79.9. The van der Waals surface area contributed by atoms with E-state index in [1.165, 1.54) is 0 Å². The number of rotatable bonds is 6. The Kier molecular flexibility index (Phi) is 6.09. The fourth-order valence-electron chi connectivity index (χ4n) is 1.88. The smallest absolute Gasteiger partial charge is 0.141 e. The van der Waals surface area contributed by atoms with Crippen molar-refractivity contribution in [3.05, 3.63) is 57.5 Å². The summed E-state index contributed by atoms with van der Waals surface area (Å²) in [4.78, 5) is 0. The molecule has 2 rings (SSSR count). The van der Waals surface area contributed by atoms with E-state index in [4.69, 9.17) is 16.3 Å². The normalized spacial score (nSPS) is 10.9. The van der Waals surface area contributed by atoms with Gasteiger partial charge in [-0.25, -0.2) is 0 Å². The Hall–Kier alpha value is -1.03. The van der Waals surface area contributed by atoms with E-state index in [2.05, 4.69) is 35.1 Å². The summed E-state index contributed by atoms with van der Waals surface area (Å²) in [5.41, 5.74) is 1.08. The standard InChI is InChI=1S/C17H19BrClNO/c1-12(2)10-20-11-13-7-8-14(9-16(13)19)21-17-6-4-3-5-15(17)18/h3-9,12,20H,10-11H2,1-2H3. The molecule has 0 aromatic heterocycles. The van der Waals surface area contributed by atoms with Crippen LogP contribution >= 0.6 is 27.5 Å². The lowest BCUT2D eigenvalue weighted by molar-refractivity contribution is 0.479. The first-order valence-corrected chi connectivity index (χ1v) is 8.15. The molecule has 0 unspecified atom stereocenters. The highest BCUT2D eigenvalue weighted by Crippen LogP contribution is 2.31. The van der Waals surface area contributed by atoms with E-state index in [1.54, 1.807) is 0 Å². The molecule has 2 aromatic rings. The predicted molar refractivity (Wildman–Crippen MR) is 92.2 cm³/mol. The maximum absolute atomic E-state index is 6.32. The molecule has 0 heterocycles. The van der Waals surface area contributed by atoms with E-state index in [1.807, 2.05) is 42.5 Å². The second kappa shape index (κ2) is 7.83. The molecule has 0 saturated heterocycles. The van der Waals surface area contributed by atoms with E-state index in [-0.39, 0.29) is 0 Å². The summed E-state index contributed by atoms with van der Waals surface area (Å²) in [5, 5.41) is 4.11. The van der Waals surface area contributed by atoms with Crippen molar-refractivity contribution < 1.29 is 4.74 Å². The van der Waals surface area contributed by atoms with Gasteiger partial charge in [0.2, 0.25) is 0 Å². The summed E-state index contributed by atoms with van der Waals surface area (Å²) in [6, 6.07) is 13.5. The molecule has 0 spiro atoms. The molecule has 0 atom stereocenters. The average Bonchev–Trinajstić information content (AvgIpc) is 2.43. The summed E-state index contributed by atoms with van der Waals surface area (Å²) in [6.45, 7) is 6.12. The van der Waals surface area contributed by atoms with Crippen LogP contribution in [0.5, 0.6) is 11.5 Å². The van der Waals surface area contributed by atoms with Crippen molar-refractivity contribution in [2.45, 2.75) is 20.4 Å². The van der Waals surface area contributed by atoms with Crippen LogP contribution in [0, 0.1) is 5.92 Å². The fraction of sp³-hybridized carbons (Fsp3) is 0.294. The van der Waals surface area contributed by atoms with Crippen LogP contribution in [-0.4, -0.2) is 6.54 Å². The Morgan fingerprint density at radius 2 is 1.95 bits per heavy atom. The van der Waals surface area contributed by atoms with Gasteiger partial charge in [-0.3, -0.25) is 0 Å². The Morgan fingerprint density at radius 1 is 1.19 bits per heavy atom. The van der Waals surface area contributed by atoms with Crippen molar-refractivity contribution in [3.8, 4) is 11.5 Å². The van der Waals surface area contributed by atoms with Crippen molar-refractivity contribution in [2.75, 3.05) is 6.54 Å². The summed E-state index contributed by atoms with van der Waals surface area (Å²) in [5.74, 6) is 2.14. The molecule has 2 aromatic carbocycles. The van der Waals surface area contributed by atoms with Gasteiger partial charge in [0.15, 0.2) is 0 Å². The minimum Gasteiger partial charge on any atom is -0.456 e. The molecule has 0 bridgehead atoms. The Morgan fingerprint density at radius 3 is 2.62 bits per heavy atom. The third-order valence-electron chi connectivity index (χ3n) is 2.96. The van der Waals surface area contributed by atoms with E-state index in [0.717, 1.165) is 39.6 Å². The van der Waals surface area contributed by atoms with Crippen LogP contribution in [0.15, 0.2) is 46.9 Å². The summed E-state index contributed by atoms with van der Waals surface area (Å²) < 4.78 is 6.76. The van der Waals surface area contributed by atoms with Crippen LogP contribution in [0.3, 0.4) is 0 Å². The lowest BCUT2D eigenvalue weighted by Crippen LogP contribution is -2.19. The maximum atomic E-state index is 6.32. The number of halogens is 2. The quantitative estimate of drug-likeness (QED) is 0.712. The van der Waals surface area contributed by atoms with Crippen LogP contribution in [0.25, 0.3) is 0 Å². The Labute approximate surface area is 139 Å². The number of hydrogen-bond acceptors (Lipinski definition) is 2. The molecule has 0 fully saturated rings. The van der Waals surface area contributed by atoms with Crippen molar-refractivity contribution in [2.24, 2.45) is 5.92 Å². The lowest BCUT2D eigenvalue weighted by atomic mass is 10.2. The number of para-hydroxylation sites is 1. The van der Waals surface area contributed by atoms with Gasteiger partial charge in [-0.15, -0.1) is 0 Å². The third kappa shape index (κ3) is 5.03. The van der Waals surface area contributed by atoms with E-state index >= 15 is 0 Å². The molecule has 0 radical (unpaired) electrons. The molecule has 1 N–H and O–H groups in total. The zero-order chi connectivity index (χ0) is 15.2. The van der Waals surface area contributed by atoms with Crippen LogP contribution in [-0.2, 0) is 6.54 Å². The molecule has 0 saturated carbocycles. The van der Waals surface area contributed by atoms with Gasteiger partial charge in [-0.1, -0.05) is 43.6 Å². The minimum absolute atomic E-state index is 0.627. The molecule has 112 valence electrons. The van der Waals surface area contributed by atoms with Crippen molar-refractivity contribution >= 4 is 27.5 Å². The molecule has 0 aliphatic heterocycles. The molecule has 0 aliphatic carbocycles. The SMILES string of the molecule is CC(C)CNCc1ccc(Oc2ccccc2Br)cc1Cl. The second-order valence-corrected chi connectivity index (χ2v) is 6.57. The monoisotopic (exact) mass is 367 g/mol. The van der Waals surface area contributed by atoms with Crippen LogP contribution in [0.2, 0.25) is 5.02 Å². The van der Waals surface area contributed by atoms with Crippen molar-refractivity contribution in [1.82, 2.24) is 5.32 Å². The molecular weight excluding hydrogens is 350 g/mol.